The number of amides is 4. The fraction of sp³-hybridized carbons (Fsp3) is 0.542. The average Bonchev–Trinajstić information content (AvgIpc) is 2.82. The topological polar surface area (TPSA) is 159 Å². The van der Waals surface area contributed by atoms with Crippen LogP contribution in [0.4, 0.5) is 0 Å². The number of ketones is 1. The SMILES string of the molecule is CCCC(NC(=O)C(CC)CS(C)(=O)=O)C(=O)C(=O)NCC(=O)N[C@H](C(=O)N(C)C)c1ccccc1. The van der Waals surface area contributed by atoms with Crippen LogP contribution in [0.1, 0.15) is 44.7 Å². The Balaban J connectivity index is 2.82. The third kappa shape index (κ3) is 10.1. The van der Waals surface area contributed by atoms with Gasteiger partial charge in [-0.3, -0.25) is 24.0 Å². The Labute approximate surface area is 212 Å². The molecule has 0 heterocycles. The van der Waals surface area contributed by atoms with Crippen LogP contribution >= 0.6 is 0 Å². The summed E-state index contributed by atoms with van der Waals surface area (Å²) in [6.07, 6.45) is 1.89. The van der Waals surface area contributed by atoms with E-state index in [2.05, 4.69) is 16.0 Å². The molecule has 1 rings (SSSR count). The van der Waals surface area contributed by atoms with Gasteiger partial charge in [0.2, 0.25) is 23.5 Å². The molecule has 2 unspecified atom stereocenters. The molecule has 0 bridgehead atoms. The van der Waals surface area contributed by atoms with Crippen molar-refractivity contribution in [2.45, 2.75) is 45.2 Å². The molecule has 0 aliphatic rings. The van der Waals surface area contributed by atoms with E-state index < -0.39 is 57.9 Å². The minimum absolute atomic E-state index is 0.160. The number of Topliss-reactive ketones (excluding diaryl/α,β-unsaturated/α-hetero) is 1. The summed E-state index contributed by atoms with van der Waals surface area (Å²) in [6, 6.07) is 6.43. The summed E-state index contributed by atoms with van der Waals surface area (Å²) in [5.74, 6) is -4.94. The van der Waals surface area contributed by atoms with Crippen LogP contribution in [0.5, 0.6) is 0 Å². The standard InChI is InChI=1S/C24H36N4O7S/c1-6-11-18(26-22(31)16(7-2)15-36(5,34)35)21(30)23(32)25-14-19(29)27-20(24(33)28(3)4)17-12-9-8-10-13-17/h8-10,12-13,16,18,20H,6-7,11,14-15H2,1-5H3,(H,25,32)(H,26,31)(H,27,29)/t16?,18?,20-/m0/s1. The van der Waals surface area contributed by atoms with Crippen molar-refractivity contribution >= 4 is 39.2 Å². The van der Waals surface area contributed by atoms with Gasteiger partial charge in [0.25, 0.3) is 5.91 Å². The van der Waals surface area contributed by atoms with Crippen molar-refractivity contribution in [1.82, 2.24) is 20.9 Å². The minimum atomic E-state index is -3.42. The smallest absolute Gasteiger partial charge is 0.290 e. The lowest BCUT2D eigenvalue weighted by Crippen LogP contribution is -2.51. The summed E-state index contributed by atoms with van der Waals surface area (Å²) in [5, 5.41) is 7.26. The lowest BCUT2D eigenvalue weighted by molar-refractivity contribution is -0.141. The van der Waals surface area contributed by atoms with Crippen molar-refractivity contribution in [2.75, 3.05) is 32.6 Å². The Kier molecular flexibility index (Phi) is 12.2. The van der Waals surface area contributed by atoms with Crippen molar-refractivity contribution in [3.63, 3.8) is 0 Å². The number of rotatable bonds is 14. The van der Waals surface area contributed by atoms with E-state index in [0.717, 1.165) is 6.26 Å². The number of likely N-dealkylation sites (N-methyl/N-ethyl adjacent to an activating group) is 1. The zero-order chi connectivity index (χ0) is 27.5. The highest BCUT2D eigenvalue weighted by atomic mass is 32.2. The van der Waals surface area contributed by atoms with Crippen molar-refractivity contribution < 1.29 is 32.4 Å². The Morgan fingerprint density at radius 2 is 1.58 bits per heavy atom. The number of nitrogens with one attached hydrogen (secondary N) is 3. The molecule has 12 heteroatoms. The molecule has 0 fully saturated rings. The van der Waals surface area contributed by atoms with Crippen LogP contribution in [0, 0.1) is 5.92 Å². The number of hydrogen-bond acceptors (Lipinski definition) is 7. The lowest BCUT2D eigenvalue weighted by Gasteiger charge is -2.22. The normalized spacial score (nSPS) is 13.6. The summed E-state index contributed by atoms with van der Waals surface area (Å²) in [7, 11) is -0.326. The first-order valence-electron chi connectivity index (χ1n) is 11.7. The molecule has 36 heavy (non-hydrogen) atoms. The minimum Gasteiger partial charge on any atom is -0.347 e. The van der Waals surface area contributed by atoms with Crippen LogP contribution in [0.15, 0.2) is 30.3 Å². The fourth-order valence-corrected chi connectivity index (χ4v) is 4.52. The van der Waals surface area contributed by atoms with Gasteiger partial charge in [0.05, 0.1) is 24.3 Å². The molecular weight excluding hydrogens is 488 g/mol. The first-order chi connectivity index (χ1) is 16.8. The van der Waals surface area contributed by atoms with E-state index in [0.29, 0.717) is 12.0 Å². The van der Waals surface area contributed by atoms with Gasteiger partial charge in [0, 0.05) is 20.4 Å². The zero-order valence-corrected chi connectivity index (χ0v) is 22.2. The van der Waals surface area contributed by atoms with E-state index in [1.54, 1.807) is 58.3 Å². The second-order valence-corrected chi connectivity index (χ2v) is 10.9. The van der Waals surface area contributed by atoms with Crippen LogP contribution < -0.4 is 16.0 Å². The van der Waals surface area contributed by atoms with Crippen LogP contribution in [0.25, 0.3) is 0 Å². The highest BCUT2D eigenvalue weighted by Crippen LogP contribution is 2.14. The van der Waals surface area contributed by atoms with Crippen molar-refractivity contribution in [3.8, 4) is 0 Å². The molecule has 3 N–H and O–H groups in total. The van der Waals surface area contributed by atoms with Gasteiger partial charge in [0.1, 0.15) is 15.9 Å². The summed E-state index contributed by atoms with van der Waals surface area (Å²) < 4.78 is 23.2. The molecule has 0 aliphatic heterocycles. The fourth-order valence-electron chi connectivity index (χ4n) is 3.40. The van der Waals surface area contributed by atoms with E-state index >= 15 is 0 Å². The molecule has 0 aromatic heterocycles. The number of benzene rings is 1. The number of carbonyl (C=O) groups excluding carboxylic acids is 5. The predicted molar refractivity (Wildman–Crippen MR) is 134 cm³/mol. The number of carbonyl (C=O) groups is 5. The summed E-state index contributed by atoms with van der Waals surface area (Å²) in [4.78, 5) is 64.0. The predicted octanol–water partition coefficient (Wildman–Crippen LogP) is -0.0269. The largest absolute Gasteiger partial charge is 0.347 e. The lowest BCUT2D eigenvalue weighted by atomic mass is 10.0. The van der Waals surface area contributed by atoms with E-state index in [9.17, 15) is 32.4 Å². The zero-order valence-electron chi connectivity index (χ0n) is 21.4. The van der Waals surface area contributed by atoms with Gasteiger partial charge in [-0.05, 0) is 18.4 Å². The maximum atomic E-state index is 12.7. The van der Waals surface area contributed by atoms with E-state index in [4.69, 9.17) is 0 Å². The monoisotopic (exact) mass is 524 g/mol. The Morgan fingerprint density at radius 1 is 0.972 bits per heavy atom. The summed E-state index contributed by atoms with van der Waals surface area (Å²) in [5.41, 5.74) is 0.553. The maximum absolute atomic E-state index is 12.7. The highest BCUT2D eigenvalue weighted by Gasteiger charge is 2.30. The highest BCUT2D eigenvalue weighted by molar-refractivity contribution is 7.90. The molecule has 0 radical (unpaired) electrons. The van der Waals surface area contributed by atoms with Gasteiger partial charge in [-0.25, -0.2) is 8.42 Å². The quantitative estimate of drug-likeness (QED) is 0.288. The summed E-state index contributed by atoms with van der Waals surface area (Å²) >= 11 is 0. The molecular formula is C24H36N4O7S. The second-order valence-electron chi connectivity index (χ2n) is 8.74. The molecule has 3 atom stereocenters. The van der Waals surface area contributed by atoms with E-state index in [-0.39, 0.29) is 24.5 Å². The first-order valence-corrected chi connectivity index (χ1v) is 13.7. The molecule has 4 amide bonds. The molecule has 11 nitrogen and oxygen atoms in total. The molecule has 0 spiro atoms. The average molecular weight is 525 g/mol. The van der Waals surface area contributed by atoms with Gasteiger partial charge in [-0.2, -0.15) is 0 Å². The molecule has 0 aliphatic carbocycles. The number of nitrogens with zero attached hydrogens (tertiary/aromatic N) is 1. The van der Waals surface area contributed by atoms with Gasteiger partial charge in [-0.1, -0.05) is 50.6 Å². The van der Waals surface area contributed by atoms with Gasteiger partial charge in [0.15, 0.2) is 0 Å². The van der Waals surface area contributed by atoms with Gasteiger partial charge < -0.3 is 20.9 Å². The molecule has 1 aromatic carbocycles. The van der Waals surface area contributed by atoms with Crippen LogP contribution in [-0.4, -0.2) is 81.4 Å². The van der Waals surface area contributed by atoms with E-state index in [1.165, 1.54) is 4.90 Å². The summed E-state index contributed by atoms with van der Waals surface area (Å²) in [6.45, 7) is 2.85. The first kappa shape index (κ1) is 30.8. The molecule has 0 saturated heterocycles. The number of sulfone groups is 1. The van der Waals surface area contributed by atoms with Gasteiger partial charge >= 0.3 is 0 Å². The second kappa shape index (κ2) is 14.3. The Morgan fingerprint density at radius 3 is 2.08 bits per heavy atom. The Hall–Kier alpha value is -3.28. The maximum Gasteiger partial charge on any atom is 0.290 e. The van der Waals surface area contributed by atoms with Crippen molar-refractivity contribution in [1.29, 1.82) is 0 Å². The molecule has 0 saturated carbocycles. The van der Waals surface area contributed by atoms with Crippen molar-refractivity contribution in [3.05, 3.63) is 35.9 Å². The number of hydrogen-bond donors (Lipinski definition) is 3. The van der Waals surface area contributed by atoms with E-state index in [1.807, 2.05) is 0 Å². The van der Waals surface area contributed by atoms with Crippen LogP contribution in [0.3, 0.4) is 0 Å². The van der Waals surface area contributed by atoms with Crippen LogP contribution in [0.2, 0.25) is 0 Å². The Bertz CT molecular complexity index is 1040. The van der Waals surface area contributed by atoms with Crippen molar-refractivity contribution in [2.24, 2.45) is 5.92 Å². The molecule has 200 valence electrons. The third-order valence-corrected chi connectivity index (χ3v) is 6.34. The third-order valence-electron chi connectivity index (χ3n) is 5.34. The van der Waals surface area contributed by atoms with Crippen LogP contribution in [-0.2, 0) is 33.8 Å². The molecule has 1 aromatic rings. The van der Waals surface area contributed by atoms with Gasteiger partial charge in [-0.15, -0.1) is 0 Å².